The van der Waals surface area contributed by atoms with Crippen LogP contribution in [0.2, 0.25) is 5.02 Å². The minimum atomic E-state index is -1.09. The average molecular weight is 230 g/mol. The number of rotatable bonds is 4. The predicted octanol–water partition coefficient (Wildman–Crippen LogP) is 1.53. The van der Waals surface area contributed by atoms with Gasteiger partial charge in [0.2, 0.25) is 0 Å². The number of hydrogen-bond acceptors (Lipinski definition) is 3. The molecule has 0 saturated carbocycles. The van der Waals surface area contributed by atoms with Crippen LogP contribution in [-0.2, 0) is 4.79 Å². The van der Waals surface area contributed by atoms with Gasteiger partial charge in [-0.05, 0) is 18.2 Å². The van der Waals surface area contributed by atoms with Gasteiger partial charge in [-0.15, -0.1) is 0 Å². The zero-order valence-corrected chi connectivity index (χ0v) is 8.28. The maximum absolute atomic E-state index is 10.6. The maximum Gasteiger partial charge on any atom is 0.335 e. The first-order valence-corrected chi connectivity index (χ1v) is 4.37. The number of carbonyl (C=O) groups is 2. The third-order valence-electron chi connectivity index (χ3n) is 1.64. The smallest absolute Gasteiger partial charge is 0.335 e. The van der Waals surface area contributed by atoms with E-state index in [9.17, 15) is 9.59 Å². The van der Waals surface area contributed by atoms with Crippen molar-refractivity contribution in [1.82, 2.24) is 0 Å². The molecule has 6 heteroatoms. The van der Waals surface area contributed by atoms with Gasteiger partial charge in [0.05, 0.1) is 16.3 Å². The van der Waals surface area contributed by atoms with E-state index in [0.717, 1.165) is 0 Å². The summed E-state index contributed by atoms with van der Waals surface area (Å²) >= 11 is 5.74. The lowest BCUT2D eigenvalue weighted by Crippen LogP contribution is -2.13. The lowest BCUT2D eigenvalue weighted by molar-refractivity contribution is -0.134. The molecule has 0 saturated heterocycles. The molecule has 0 aliphatic rings. The van der Waals surface area contributed by atoms with Crippen LogP contribution in [0.15, 0.2) is 18.2 Å². The molecule has 1 aromatic carbocycles. The summed E-state index contributed by atoms with van der Waals surface area (Å²) in [6.07, 6.45) is 0. The fraction of sp³-hybridized carbons (Fsp3) is 0.111. The number of carboxylic acid groups (broad SMARTS) is 2. The Morgan fingerprint density at radius 1 is 1.33 bits per heavy atom. The van der Waals surface area contributed by atoms with Crippen molar-refractivity contribution < 1.29 is 19.8 Å². The number of halogens is 1. The van der Waals surface area contributed by atoms with E-state index in [1.165, 1.54) is 18.2 Å². The third kappa shape index (κ3) is 3.14. The second-order valence-electron chi connectivity index (χ2n) is 2.75. The molecule has 3 N–H and O–H groups in total. The lowest BCUT2D eigenvalue weighted by Gasteiger charge is -2.06. The summed E-state index contributed by atoms with van der Waals surface area (Å²) in [5.41, 5.74) is 0.339. The van der Waals surface area contributed by atoms with Gasteiger partial charge in [0, 0.05) is 0 Å². The number of hydrogen-bond donors (Lipinski definition) is 3. The minimum absolute atomic E-state index is 0.0484. The van der Waals surface area contributed by atoms with Crippen LogP contribution in [0.5, 0.6) is 0 Å². The molecule has 0 bridgehead atoms. The van der Waals surface area contributed by atoms with Crippen molar-refractivity contribution in [3.8, 4) is 0 Å². The largest absolute Gasteiger partial charge is 0.480 e. The Kier molecular flexibility index (Phi) is 3.51. The molecule has 0 aromatic heterocycles. The Balaban J connectivity index is 2.90. The molecule has 0 spiro atoms. The van der Waals surface area contributed by atoms with Gasteiger partial charge in [-0.1, -0.05) is 11.6 Å². The molecule has 5 nitrogen and oxygen atoms in total. The lowest BCUT2D eigenvalue weighted by atomic mass is 10.2. The molecular weight excluding hydrogens is 222 g/mol. The SMILES string of the molecule is O=C(O)CNc1cc(C(=O)O)ccc1Cl. The highest BCUT2D eigenvalue weighted by Crippen LogP contribution is 2.22. The predicted molar refractivity (Wildman–Crippen MR) is 54.5 cm³/mol. The third-order valence-corrected chi connectivity index (χ3v) is 1.97. The van der Waals surface area contributed by atoms with Crippen LogP contribution >= 0.6 is 11.6 Å². The standard InChI is InChI=1S/C9H8ClNO4/c10-6-2-1-5(9(14)15)3-7(6)11-4-8(12)13/h1-3,11H,4H2,(H,12,13)(H,14,15). The Hall–Kier alpha value is -1.75. The van der Waals surface area contributed by atoms with Gasteiger partial charge in [-0.3, -0.25) is 4.79 Å². The zero-order chi connectivity index (χ0) is 11.4. The summed E-state index contributed by atoms with van der Waals surface area (Å²) < 4.78 is 0. The van der Waals surface area contributed by atoms with Gasteiger partial charge in [-0.2, -0.15) is 0 Å². The van der Waals surface area contributed by atoms with Crippen molar-refractivity contribution in [3.63, 3.8) is 0 Å². The van der Waals surface area contributed by atoms with Crippen molar-refractivity contribution in [2.75, 3.05) is 11.9 Å². The average Bonchev–Trinajstić information content (AvgIpc) is 2.16. The summed E-state index contributed by atoms with van der Waals surface area (Å²) in [6.45, 7) is -0.317. The fourth-order valence-electron chi connectivity index (χ4n) is 0.965. The molecule has 0 radical (unpaired) electrons. The summed E-state index contributed by atoms with van der Waals surface area (Å²) in [4.78, 5) is 20.9. The highest BCUT2D eigenvalue weighted by atomic mass is 35.5. The quantitative estimate of drug-likeness (QED) is 0.729. The van der Waals surface area contributed by atoms with Crippen LogP contribution < -0.4 is 5.32 Å². The monoisotopic (exact) mass is 229 g/mol. The molecule has 15 heavy (non-hydrogen) atoms. The Bertz CT molecular complexity index is 405. The Morgan fingerprint density at radius 2 is 2.00 bits per heavy atom. The molecule has 0 amide bonds. The highest BCUT2D eigenvalue weighted by Gasteiger charge is 2.07. The zero-order valence-electron chi connectivity index (χ0n) is 7.53. The molecule has 80 valence electrons. The molecule has 0 atom stereocenters. The van der Waals surface area contributed by atoms with Crippen molar-refractivity contribution in [3.05, 3.63) is 28.8 Å². The van der Waals surface area contributed by atoms with Gasteiger partial charge in [-0.25, -0.2) is 4.79 Å². The number of benzene rings is 1. The highest BCUT2D eigenvalue weighted by molar-refractivity contribution is 6.33. The van der Waals surface area contributed by atoms with Gasteiger partial charge in [0.1, 0.15) is 6.54 Å². The van der Waals surface area contributed by atoms with Gasteiger partial charge in [0.15, 0.2) is 0 Å². The topological polar surface area (TPSA) is 86.6 Å². The number of aromatic carboxylic acids is 1. The molecule has 0 fully saturated rings. The van der Waals surface area contributed by atoms with E-state index in [2.05, 4.69) is 5.32 Å². The second kappa shape index (κ2) is 4.65. The van der Waals surface area contributed by atoms with Crippen LogP contribution in [0.1, 0.15) is 10.4 Å². The van der Waals surface area contributed by atoms with Gasteiger partial charge in [0.25, 0.3) is 0 Å². The van der Waals surface area contributed by atoms with Crippen molar-refractivity contribution in [2.45, 2.75) is 0 Å². The van der Waals surface area contributed by atoms with Crippen molar-refractivity contribution in [1.29, 1.82) is 0 Å². The van der Waals surface area contributed by atoms with E-state index in [-0.39, 0.29) is 17.1 Å². The van der Waals surface area contributed by atoms with E-state index in [0.29, 0.717) is 5.69 Å². The van der Waals surface area contributed by atoms with Crippen molar-refractivity contribution >= 4 is 29.2 Å². The van der Waals surface area contributed by atoms with Crippen LogP contribution in [0, 0.1) is 0 Å². The minimum Gasteiger partial charge on any atom is -0.480 e. The van der Waals surface area contributed by atoms with E-state index in [1.807, 2.05) is 0 Å². The summed E-state index contributed by atoms with van der Waals surface area (Å²) in [5, 5.41) is 19.9. The van der Waals surface area contributed by atoms with E-state index < -0.39 is 11.9 Å². The first-order chi connectivity index (χ1) is 7.00. The molecule has 0 heterocycles. The van der Waals surface area contributed by atoms with Crippen LogP contribution in [-0.4, -0.2) is 28.7 Å². The molecule has 0 aliphatic carbocycles. The number of anilines is 1. The summed E-state index contributed by atoms with van der Waals surface area (Å²) in [5.74, 6) is -2.14. The summed E-state index contributed by atoms with van der Waals surface area (Å²) in [7, 11) is 0. The molecule has 1 aromatic rings. The second-order valence-corrected chi connectivity index (χ2v) is 3.15. The van der Waals surface area contributed by atoms with Gasteiger partial charge >= 0.3 is 11.9 Å². The molecular formula is C9H8ClNO4. The normalized spacial score (nSPS) is 9.67. The van der Waals surface area contributed by atoms with Crippen LogP contribution in [0.3, 0.4) is 0 Å². The molecule has 1 rings (SSSR count). The van der Waals surface area contributed by atoms with Gasteiger partial charge < -0.3 is 15.5 Å². The summed E-state index contributed by atoms with van der Waals surface area (Å²) in [6, 6.07) is 4.03. The Morgan fingerprint density at radius 3 is 2.53 bits per heavy atom. The fourth-order valence-corrected chi connectivity index (χ4v) is 1.15. The first kappa shape index (κ1) is 11.3. The Labute approximate surface area is 90.3 Å². The number of nitrogens with one attached hydrogen (secondary N) is 1. The molecule has 0 aliphatic heterocycles. The number of aliphatic carboxylic acids is 1. The first-order valence-electron chi connectivity index (χ1n) is 3.99. The van der Waals surface area contributed by atoms with Crippen LogP contribution in [0.4, 0.5) is 5.69 Å². The van der Waals surface area contributed by atoms with E-state index in [1.54, 1.807) is 0 Å². The number of carboxylic acids is 2. The van der Waals surface area contributed by atoms with Crippen LogP contribution in [0.25, 0.3) is 0 Å². The van der Waals surface area contributed by atoms with E-state index in [4.69, 9.17) is 21.8 Å². The molecule has 0 unspecified atom stereocenters. The van der Waals surface area contributed by atoms with Crippen molar-refractivity contribution in [2.24, 2.45) is 0 Å². The maximum atomic E-state index is 10.6. The van der Waals surface area contributed by atoms with E-state index >= 15 is 0 Å².